The van der Waals surface area contributed by atoms with Gasteiger partial charge in [0.1, 0.15) is 6.17 Å². The van der Waals surface area contributed by atoms with Crippen LogP contribution < -0.4 is 5.32 Å². The number of esters is 1. The summed E-state index contributed by atoms with van der Waals surface area (Å²) in [6.45, 7) is 4.03. The van der Waals surface area contributed by atoms with Crippen molar-refractivity contribution in [2.75, 3.05) is 19.0 Å². The second-order valence-electron chi connectivity index (χ2n) is 5.04. The van der Waals surface area contributed by atoms with Gasteiger partial charge in [-0.2, -0.15) is 0 Å². The molecule has 23 heavy (non-hydrogen) atoms. The molecule has 6 heteroatoms. The van der Waals surface area contributed by atoms with Gasteiger partial charge in [-0.1, -0.05) is 18.2 Å². The van der Waals surface area contributed by atoms with Crippen LogP contribution in [0.4, 0.5) is 5.69 Å². The number of amides is 1. The molecule has 1 N–H and O–H groups in total. The molecule has 0 aliphatic carbocycles. The molecule has 2 aromatic rings. The molecule has 1 aliphatic heterocycles. The number of rotatable bonds is 4. The minimum absolute atomic E-state index is 0.0752. The van der Waals surface area contributed by atoms with E-state index in [0.717, 1.165) is 0 Å². The largest absolute Gasteiger partial charge is 0.463 e. The molecule has 0 saturated heterocycles. The molecule has 1 aromatic carbocycles. The lowest BCUT2D eigenvalue weighted by molar-refractivity contribution is 0.0553. The van der Waals surface area contributed by atoms with Crippen LogP contribution in [-0.4, -0.2) is 30.4 Å². The predicted octanol–water partition coefficient (Wildman–Crippen LogP) is 2.82. The van der Waals surface area contributed by atoms with E-state index in [1.165, 1.54) is 13.4 Å². The van der Waals surface area contributed by atoms with Crippen LogP contribution in [0.3, 0.4) is 0 Å². The number of methoxy groups -OCH3 is 1. The summed E-state index contributed by atoms with van der Waals surface area (Å²) >= 11 is 0. The first-order chi connectivity index (χ1) is 11.2. The highest BCUT2D eigenvalue weighted by Crippen LogP contribution is 2.34. The molecule has 6 nitrogen and oxygen atoms in total. The zero-order valence-corrected chi connectivity index (χ0v) is 12.6. The molecule has 0 radical (unpaired) electrons. The van der Waals surface area contributed by atoms with Gasteiger partial charge in [0.05, 0.1) is 18.9 Å². The first kappa shape index (κ1) is 14.9. The highest BCUT2D eigenvalue weighted by atomic mass is 16.5. The van der Waals surface area contributed by atoms with E-state index < -0.39 is 12.1 Å². The van der Waals surface area contributed by atoms with Crippen molar-refractivity contribution in [1.82, 2.24) is 4.90 Å². The van der Waals surface area contributed by atoms with Gasteiger partial charge in [0, 0.05) is 17.8 Å². The van der Waals surface area contributed by atoms with Gasteiger partial charge in [-0.05, 0) is 18.2 Å². The number of nitrogens with one attached hydrogen (secondary N) is 1. The van der Waals surface area contributed by atoms with Crippen molar-refractivity contribution in [3.05, 3.63) is 66.1 Å². The maximum Gasteiger partial charge on any atom is 0.374 e. The first-order valence-electron chi connectivity index (χ1n) is 7.10. The fraction of sp³-hybridized carbons (Fsp3) is 0.176. The van der Waals surface area contributed by atoms with Crippen molar-refractivity contribution < 1.29 is 18.7 Å². The van der Waals surface area contributed by atoms with Crippen molar-refractivity contribution in [2.45, 2.75) is 6.17 Å². The fourth-order valence-corrected chi connectivity index (χ4v) is 2.66. The lowest BCUT2D eigenvalue weighted by Crippen LogP contribution is -2.43. The van der Waals surface area contributed by atoms with Crippen LogP contribution in [0.2, 0.25) is 0 Å². The van der Waals surface area contributed by atoms with Crippen molar-refractivity contribution in [2.24, 2.45) is 0 Å². The smallest absolute Gasteiger partial charge is 0.374 e. The van der Waals surface area contributed by atoms with E-state index in [-0.39, 0.29) is 11.7 Å². The Balaban J connectivity index is 2.07. The summed E-state index contributed by atoms with van der Waals surface area (Å²) in [6.07, 6.45) is 2.50. The minimum atomic E-state index is -0.586. The van der Waals surface area contributed by atoms with E-state index in [1.54, 1.807) is 23.1 Å². The zero-order valence-electron chi connectivity index (χ0n) is 12.6. The van der Waals surface area contributed by atoms with E-state index in [2.05, 4.69) is 11.9 Å². The topological polar surface area (TPSA) is 71.8 Å². The molecule has 0 spiro atoms. The summed E-state index contributed by atoms with van der Waals surface area (Å²) in [5, 5.41) is 3.27. The second-order valence-corrected chi connectivity index (χ2v) is 5.04. The van der Waals surface area contributed by atoms with E-state index in [9.17, 15) is 9.59 Å². The summed E-state index contributed by atoms with van der Waals surface area (Å²) < 4.78 is 9.98. The number of benzene rings is 1. The van der Waals surface area contributed by atoms with Crippen molar-refractivity contribution in [3.63, 3.8) is 0 Å². The lowest BCUT2D eigenvalue weighted by Gasteiger charge is -2.37. The molecule has 1 amide bonds. The minimum Gasteiger partial charge on any atom is -0.463 e. The van der Waals surface area contributed by atoms with Crippen LogP contribution in [0.15, 0.2) is 53.7 Å². The molecule has 1 aromatic heterocycles. The number of ether oxygens (including phenoxy) is 1. The molecule has 118 valence electrons. The molecule has 1 aliphatic rings. The fourth-order valence-electron chi connectivity index (χ4n) is 2.66. The van der Waals surface area contributed by atoms with Gasteiger partial charge in [0.2, 0.25) is 5.76 Å². The number of hydrogen-bond donors (Lipinski definition) is 1. The van der Waals surface area contributed by atoms with Crippen molar-refractivity contribution in [1.29, 1.82) is 0 Å². The van der Waals surface area contributed by atoms with Gasteiger partial charge >= 0.3 is 5.97 Å². The van der Waals surface area contributed by atoms with Gasteiger partial charge in [-0.3, -0.25) is 4.79 Å². The molecule has 0 saturated carbocycles. The number of nitrogens with zero attached hydrogens (tertiary/aromatic N) is 1. The van der Waals surface area contributed by atoms with Gasteiger partial charge in [-0.25, -0.2) is 4.79 Å². The summed E-state index contributed by atoms with van der Waals surface area (Å²) in [5.74, 6) is -0.649. The Labute approximate surface area is 133 Å². The average molecular weight is 312 g/mol. The molecule has 0 fully saturated rings. The Bertz CT molecular complexity index is 765. The monoisotopic (exact) mass is 312 g/mol. The third-order valence-corrected chi connectivity index (χ3v) is 3.71. The summed E-state index contributed by atoms with van der Waals surface area (Å²) in [5.41, 5.74) is 1.83. The number of hydrogen-bond acceptors (Lipinski definition) is 5. The predicted molar refractivity (Wildman–Crippen MR) is 84.1 cm³/mol. The maximum absolute atomic E-state index is 12.8. The van der Waals surface area contributed by atoms with E-state index in [4.69, 9.17) is 9.15 Å². The Morgan fingerprint density at radius 3 is 2.96 bits per heavy atom. The first-order valence-corrected chi connectivity index (χ1v) is 7.10. The van der Waals surface area contributed by atoms with Gasteiger partial charge in [-0.15, -0.1) is 6.58 Å². The van der Waals surface area contributed by atoms with E-state index in [0.29, 0.717) is 23.4 Å². The normalized spacial score (nSPS) is 16.5. The SMILES string of the molecule is C=CCN1C(=O)c2ccccc2N[C@H]1c1ccoc1C(=O)OC. The van der Waals surface area contributed by atoms with Crippen LogP contribution in [0.5, 0.6) is 0 Å². The Hall–Kier alpha value is -3.02. The zero-order chi connectivity index (χ0) is 16.4. The highest BCUT2D eigenvalue weighted by molar-refractivity contribution is 6.02. The Morgan fingerprint density at radius 2 is 2.22 bits per heavy atom. The van der Waals surface area contributed by atoms with Crippen molar-refractivity contribution in [3.8, 4) is 0 Å². The molecule has 0 unspecified atom stereocenters. The lowest BCUT2D eigenvalue weighted by atomic mass is 10.0. The van der Waals surface area contributed by atoms with Crippen LogP contribution in [-0.2, 0) is 4.74 Å². The number of carbonyl (C=O) groups excluding carboxylic acids is 2. The van der Waals surface area contributed by atoms with Crippen LogP contribution in [0, 0.1) is 0 Å². The van der Waals surface area contributed by atoms with Gasteiger partial charge in [0.25, 0.3) is 5.91 Å². The van der Waals surface area contributed by atoms with Crippen LogP contribution >= 0.6 is 0 Å². The second kappa shape index (κ2) is 6.00. The van der Waals surface area contributed by atoms with Crippen LogP contribution in [0.1, 0.15) is 32.6 Å². The maximum atomic E-state index is 12.8. The summed E-state index contributed by atoms with van der Waals surface area (Å²) in [6, 6.07) is 8.89. The van der Waals surface area contributed by atoms with Crippen molar-refractivity contribution >= 4 is 17.6 Å². The van der Waals surface area contributed by atoms with E-state index in [1.807, 2.05) is 18.2 Å². The van der Waals surface area contributed by atoms with Gasteiger partial charge < -0.3 is 19.4 Å². The number of para-hydroxylation sites is 1. The molecular weight excluding hydrogens is 296 g/mol. The quantitative estimate of drug-likeness (QED) is 0.694. The third-order valence-electron chi connectivity index (χ3n) is 3.71. The Morgan fingerprint density at radius 1 is 1.43 bits per heavy atom. The molecule has 3 rings (SSSR count). The summed E-state index contributed by atoms with van der Waals surface area (Å²) in [4.78, 5) is 26.2. The number of fused-ring (bicyclic) bond motifs is 1. The molecule has 0 bridgehead atoms. The van der Waals surface area contributed by atoms with E-state index >= 15 is 0 Å². The van der Waals surface area contributed by atoms with Crippen LogP contribution in [0.25, 0.3) is 0 Å². The standard InChI is InChI=1S/C17H16N2O4/c1-3-9-19-15(12-8-10-23-14(12)17(21)22-2)18-13-7-5-4-6-11(13)16(19)20/h3-8,10,15,18H,1,9H2,2H3/t15-/m1/s1. The summed E-state index contributed by atoms with van der Waals surface area (Å²) in [7, 11) is 1.28. The molecule has 1 atom stereocenters. The average Bonchev–Trinajstić information content (AvgIpc) is 3.06. The Kier molecular flexibility index (Phi) is 3.89. The number of carbonyl (C=O) groups is 2. The third kappa shape index (κ3) is 2.48. The highest BCUT2D eigenvalue weighted by Gasteiger charge is 2.35. The molecular formula is C17H16N2O4. The number of anilines is 1. The van der Waals surface area contributed by atoms with Gasteiger partial charge in [0.15, 0.2) is 0 Å². The molecule has 2 heterocycles. The number of furan rings is 1.